The van der Waals surface area contributed by atoms with Crippen molar-refractivity contribution < 1.29 is 0 Å². The van der Waals surface area contributed by atoms with E-state index < -0.39 is 0 Å². The first-order valence-electron chi connectivity index (χ1n) is 18.2. The summed E-state index contributed by atoms with van der Waals surface area (Å²) in [6.45, 7) is 17.8. The fourth-order valence-corrected chi connectivity index (χ4v) is 16.4. The van der Waals surface area contributed by atoms with E-state index in [1.807, 2.05) is 68.0 Å². The molecule has 0 saturated heterocycles. The number of nitrogens with zero attached hydrogens (tertiary/aromatic N) is 4. The Kier molecular flexibility index (Phi) is 8.16. The quantitative estimate of drug-likeness (QED) is 0.173. The molecule has 0 amide bonds. The molecule has 0 aliphatic heterocycles. The van der Waals surface area contributed by atoms with E-state index >= 15 is 0 Å². The minimum atomic E-state index is 0.959. The van der Waals surface area contributed by atoms with Crippen molar-refractivity contribution >= 4 is 144 Å². The zero-order valence-electron chi connectivity index (χ0n) is 31.7. The minimum absolute atomic E-state index is 0.959. The van der Waals surface area contributed by atoms with Crippen LogP contribution in [0.4, 0.5) is 0 Å². The topological polar surface area (TPSA) is 51.6 Å². The molecular weight excluding hydrogens is 841 g/mol. The lowest BCUT2D eigenvalue weighted by atomic mass is 9.90. The molecule has 0 spiro atoms. The Morgan fingerprint density at radius 3 is 1.45 bits per heavy atom. The van der Waals surface area contributed by atoms with Gasteiger partial charge in [0.1, 0.15) is 22.1 Å². The number of fused-ring (bicyclic) bond motifs is 7. The summed E-state index contributed by atoms with van der Waals surface area (Å²) in [7, 11) is 0. The Morgan fingerprint density at radius 1 is 0.393 bits per heavy atom. The van der Waals surface area contributed by atoms with Crippen molar-refractivity contribution in [2.24, 2.45) is 0 Å². The maximum Gasteiger partial charge on any atom is 0.114 e. The number of benzene rings is 3. The summed E-state index contributed by atoms with van der Waals surface area (Å²) in [5, 5.41) is 5.02. The van der Waals surface area contributed by atoms with Gasteiger partial charge in [0.25, 0.3) is 0 Å². The molecule has 0 aliphatic carbocycles. The highest BCUT2D eigenvalue weighted by molar-refractivity contribution is 7.28. The van der Waals surface area contributed by atoms with Gasteiger partial charge in [-0.15, -0.1) is 68.0 Å². The van der Waals surface area contributed by atoms with E-state index in [4.69, 9.17) is 17.5 Å². The second kappa shape index (κ2) is 12.9. The van der Waals surface area contributed by atoms with Gasteiger partial charge in [0.2, 0.25) is 0 Å². The second-order valence-corrected chi connectivity index (χ2v) is 22.9. The van der Waals surface area contributed by atoms with Gasteiger partial charge >= 0.3 is 0 Å². The summed E-state index contributed by atoms with van der Waals surface area (Å²) in [5.74, 6) is 0. The molecule has 276 valence electrons. The molecule has 8 heterocycles. The van der Waals surface area contributed by atoms with Crippen molar-refractivity contribution in [2.45, 2.75) is 55.4 Å². The number of thiophene rings is 6. The molecule has 0 atom stereocenters. The summed E-state index contributed by atoms with van der Waals surface area (Å²) in [5.41, 5.74) is 13.9. The lowest BCUT2D eigenvalue weighted by Gasteiger charge is -2.15. The zero-order chi connectivity index (χ0) is 38.3. The van der Waals surface area contributed by atoms with Crippen LogP contribution in [-0.2, 0) is 0 Å². The predicted octanol–water partition coefficient (Wildman–Crippen LogP) is 16.3. The van der Waals surface area contributed by atoms with Crippen LogP contribution < -0.4 is 0 Å². The van der Waals surface area contributed by atoms with Crippen LogP contribution in [-0.4, -0.2) is 17.5 Å². The Bertz CT molecular complexity index is 3310. The van der Waals surface area contributed by atoms with Gasteiger partial charge in [0.15, 0.2) is 0 Å². The Hall–Kier alpha value is -3.72. The fourth-order valence-electron chi connectivity index (χ4n) is 8.39. The first-order chi connectivity index (χ1) is 27.0. The van der Waals surface area contributed by atoms with E-state index in [-0.39, 0.29) is 0 Å². The van der Waals surface area contributed by atoms with E-state index in [9.17, 15) is 0 Å². The highest BCUT2D eigenvalue weighted by atomic mass is 32.1. The monoisotopic (exact) mass is 872 g/mol. The lowest BCUT2D eigenvalue weighted by molar-refractivity contribution is 1.44. The van der Waals surface area contributed by atoms with Crippen molar-refractivity contribution in [3.05, 3.63) is 90.3 Å². The third-order valence-corrected chi connectivity index (χ3v) is 18.9. The van der Waals surface area contributed by atoms with Crippen LogP contribution in [0.25, 0.3) is 105 Å². The van der Waals surface area contributed by atoms with Gasteiger partial charge in [-0.1, -0.05) is 0 Å². The molecule has 0 N–H and O–H groups in total. The maximum absolute atomic E-state index is 5.02. The smallest absolute Gasteiger partial charge is 0.114 e. The largest absolute Gasteiger partial charge is 0.172 e. The molecule has 8 aromatic heterocycles. The summed E-state index contributed by atoms with van der Waals surface area (Å²) in [6, 6.07) is 18.7. The molecule has 0 unspecified atom stereocenters. The lowest BCUT2D eigenvalue weighted by Crippen LogP contribution is -1.94. The number of rotatable bonds is 5. The van der Waals surface area contributed by atoms with E-state index in [2.05, 4.69) is 104 Å². The van der Waals surface area contributed by atoms with Crippen molar-refractivity contribution in [1.29, 1.82) is 0 Å². The Morgan fingerprint density at radius 2 is 0.911 bits per heavy atom. The van der Waals surface area contributed by atoms with Gasteiger partial charge in [-0.05, 0) is 126 Å². The Balaban J connectivity index is 1.16. The van der Waals surface area contributed by atoms with Gasteiger partial charge in [-0.25, -0.2) is 0 Å². The van der Waals surface area contributed by atoms with Gasteiger partial charge in [-0.3, -0.25) is 0 Å². The van der Waals surface area contributed by atoms with Crippen LogP contribution in [0, 0.1) is 55.4 Å². The average molecular weight is 873 g/mol. The van der Waals surface area contributed by atoms with Crippen LogP contribution in [0.5, 0.6) is 0 Å². The second-order valence-electron chi connectivity index (χ2n) is 14.7. The molecule has 12 heteroatoms. The SMILES string of the molecule is Cc1ccc(-c2c3cc(-c4sc(-c5c(C)c6c7nsnc7c(-c7cc(C)c(C)s7)c(C)c6c6nsnc56)cc4C)sc3c(-c3ccc(C)s3)c3cc(C)sc23)s1. The van der Waals surface area contributed by atoms with Gasteiger partial charge in [-0.2, -0.15) is 17.5 Å². The molecule has 0 saturated carbocycles. The van der Waals surface area contributed by atoms with Crippen LogP contribution in [0.2, 0.25) is 0 Å². The van der Waals surface area contributed by atoms with Crippen molar-refractivity contribution in [3.63, 3.8) is 0 Å². The van der Waals surface area contributed by atoms with Crippen LogP contribution in [0.1, 0.15) is 41.8 Å². The summed E-state index contributed by atoms with van der Waals surface area (Å²) in [6.07, 6.45) is 0. The fraction of sp³-hybridized carbons (Fsp3) is 0.182. The van der Waals surface area contributed by atoms with Crippen LogP contribution >= 0.6 is 91.5 Å². The van der Waals surface area contributed by atoms with E-state index in [0.717, 1.165) is 38.4 Å². The molecule has 4 nitrogen and oxygen atoms in total. The Labute approximate surface area is 356 Å². The minimum Gasteiger partial charge on any atom is -0.172 e. The van der Waals surface area contributed by atoms with Crippen molar-refractivity contribution in [3.8, 4) is 51.5 Å². The van der Waals surface area contributed by atoms with Crippen molar-refractivity contribution in [1.82, 2.24) is 17.5 Å². The standard InChI is InChI=1S/C44H32N4S8/c1-17-13-29(52-24(17)8)32-22(6)34-35(40-38(32)45-55-47-40)23(7)33(39-41(34)48-56-46-39)30-14-18(2)42(53-30)31-16-26-37(28-12-10-20(4)50-28)43-25(15-21(5)51-43)36(44(26)54-31)27-11-9-19(3)49-27/h9-16H,1-8H3. The number of hydrogen-bond donors (Lipinski definition) is 0. The van der Waals surface area contributed by atoms with Crippen molar-refractivity contribution in [2.75, 3.05) is 0 Å². The number of aryl methyl sites for hydroxylation is 8. The van der Waals surface area contributed by atoms with Gasteiger partial charge < -0.3 is 0 Å². The summed E-state index contributed by atoms with van der Waals surface area (Å²) < 4.78 is 22.7. The third kappa shape index (κ3) is 5.13. The summed E-state index contributed by atoms with van der Waals surface area (Å²) in [4.78, 5) is 13.1. The number of aromatic nitrogens is 4. The summed E-state index contributed by atoms with van der Waals surface area (Å²) >= 11 is 14.0. The molecule has 11 rings (SSSR count). The van der Waals surface area contributed by atoms with Crippen LogP contribution in [0.15, 0.2) is 48.5 Å². The molecule has 0 aliphatic rings. The first-order valence-corrected chi connectivity index (χ1v) is 24.6. The third-order valence-electron chi connectivity index (χ3n) is 11.0. The van der Waals surface area contributed by atoms with E-state index in [1.165, 1.54) is 131 Å². The maximum atomic E-state index is 5.02. The van der Waals surface area contributed by atoms with Crippen LogP contribution in [0.3, 0.4) is 0 Å². The molecule has 11 aromatic rings. The predicted molar refractivity (Wildman–Crippen MR) is 253 cm³/mol. The highest BCUT2D eigenvalue weighted by Crippen LogP contribution is 2.55. The molecule has 56 heavy (non-hydrogen) atoms. The molecule has 0 bridgehead atoms. The number of hydrogen-bond acceptors (Lipinski definition) is 12. The van der Waals surface area contributed by atoms with Gasteiger partial charge in [0, 0.05) is 102 Å². The normalized spacial score (nSPS) is 12.3. The molecule has 0 fully saturated rings. The molecule has 3 aromatic carbocycles. The molecular formula is C44H32N4S8. The zero-order valence-corrected chi connectivity index (χ0v) is 38.2. The average Bonchev–Trinajstić information content (AvgIpc) is 4.00. The van der Waals surface area contributed by atoms with E-state index in [1.54, 1.807) is 0 Å². The molecule has 0 radical (unpaired) electrons. The van der Waals surface area contributed by atoms with E-state index in [0.29, 0.717) is 0 Å². The first kappa shape index (κ1) is 35.4. The highest BCUT2D eigenvalue weighted by Gasteiger charge is 2.28. The van der Waals surface area contributed by atoms with Gasteiger partial charge in [0.05, 0.1) is 23.5 Å².